The molecule has 0 radical (unpaired) electrons. The largest absolute Gasteiger partial charge is 0.494 e. The molecule has 0 aliphatic carbocycles. The molecule has 0 aromatic heterocycles. The maximum absolute atomic E-state index is 5.66. The molecule has 0 amide bonds. The third-order valence-electron chi connectivity index (χ3n) is 3.29. The number of nitrogens with one attached hydrogen (secondary N) is 1. The lowest BCUT2D eigenvalue weighted by molar-refractivity contribution is 0.317. The van der Waals surface area contributed by atoms with Crippen molar-refractivity contribution in [2.75, 3.05) is 13.2 Å². The Hall–Kier alpha value is -2.00. The number of para-hydroxylation sites is 1. The molecule has 2 rings (SSSR count). The van der Waals surface area contributed by atoms with Gasteiger partial charge in [0.2, 0.25) is 0 Å². The number of ether oxygens (including phenoxy) is 2. The minimum absolute atomic E-state index is 0.688. The fourth-order valence-electron chi connectivity index (χ4n) is 2.25. The van der Waals surface area contributed by atoms with E-state index < -0.39 is 0 Å². The Morgan fingerprint density at radius 2 is 1.77 bits per heavy atom. The first-order valence-electron chi connectivity index (χ1n) is 7.96. The van der Waals surface area contributed by atoms with Gasteiger partial charge in [-0.1, -0.05) is 37.3 Å². The van der Waals surface area contributed by atoms with Gasteiger partial charge in [-0.2, -0.15) is 0 Å². The highest BCUT2D eigenvalue weighted by atomic mass is 16.5. The molecule has 1 N–H and O–H groups in total. The Labute approximate surface area is 133 Å². The van der Waals surface area contributed by atoms with Crippen LogP contribution in [0.1, 0.15) is 31.4 Å². The van der Waals surface area contributed by atoms with Gasteiger partial charge in [0.1, 0.15) is 11.5 Å². The Bertz CT molecular complexity index is 569. The van der Waals surface area contributed by atoms with Crippen LogP contribution in [0.15, 0.2) is 48.5 Å². The van der Waals surface area contributed by atoms with Gasteiger partial charge in [0.05, 0.1) is 13.2 Å². The van der Waals surface area contributed by atoms with Crippen LogP contribution < -0.4 is 14.8 Å². The van der Waals surface area contributed by atoms with E-state index in [1.54, 1.807) is 0 Å². The topological polar surface area (TPSA) is 30.5 Å². The van der Waals surface area contributed by atoms with Crippen molar-refractivity contribution in [1.29, 1.82) is 0 Å². The first-order valence-corrected chi connectivity index (χ1v) is 7.96. The second kappa shape index (κ2) is 9.11. The van der Waals surface area contributed by atoms with Crippen molar-refractivity contribution >= 4 is 0 Å². The average Bonchev–Trinajstić information content (AvgIpc) is 2.55. The van der Waals surface area contributed by atoms with Gasteiger partial charge < -0.3 is 14.8 Å². The molecule has 0 spiro atoms. The third kappa shape index (κ3) is 5.08. The second-order valence-corrected chi connectivity index (χ2v) is 5.14. The normalized spacial score (nSPS) is 10.5. The average molecular weight is 299 g/mol. The van der Waals surface area contributed by atoms with Crippen molar-refractivity contribution in [3.05, 3.63) is 59.7 Å². The van der Waals surface area contributed by atoms with Crippen molar-refractivity contribution in [3.8, 4) is 11.5 Å². The molecule has 2 aromatic rings. The van der Waals surface area contributed by atoms with E-state index in [-0.39, 0.29) is 0 Å². The summed E-state index contributed by atoms with van der Waals surface area (Å²) in [6, 6.07) is 16.4. The molecule has 118 valence electrons. The molecule has 22 heavy (non-hydrogen) atoms. The van der Waals surface area contributed by atoms with Gasteiger partial charge in [0, 0.05) is 18.7 Å². The molecule has 0 saturated heterocycles. The Kier molecular flexibility index (Phi) is 6.78. The van der Waals surface area contributed by atoms with Gasteiger partial charge in [0.25, 0.3) is 0 Å². The van der Waals surface area contributed by atoms with Crippen LogP contribution in [-0.2, 0) is 13.1 Å². The molecule has 2 aromatic carbocycles. The first kappa shape index (κ1) is 16.4. The van der Waals surface area contributed by atoms with Crippen LogP contribution in [0, 0.1) is 0 Å². The van der Waals surface area contributed by atoms with Gasteiger partial charge >= 0.3 is 0 Å². The van der Waals surface area contributed by atoms with Gasteiger partial charge in [-0.15, -0.1) is 0 Å². The second-order valence-electron chi connectivity index (χ2n) is 5.14. The van der Waals surface area contributed by atoms with Crippen molar-refractivity contribution < 1.29 is 9.47 Å². The van der Waals surface area contributed by atoms with Crippen LogP contribution in [0.5, 0.6) is 11.5 Å². The number of hydrogen-bond acceptors (Lipinski definition) is 3. The van der Waals surface area contributed by atoms with Crippen LogP contribution in [-0.4, -0.2) is 13.2 Å². The summed E-state index contributed by atoms with van der Waals surface area (Å²) in [5, 5.41) is 3.46. The molecule has 0 fully saturated rings. The fourth-order valence-corrected chi connectivity index (χ4v) is 2.25. The van der Waals surface area contributed by atoms with Crippen molar-refractivity contribution in [1.82, 2.24) is 5.32 Å². The van der Waals surface area contributed by atoms with E-state index in [4.69, 9.17) is 9.47 Å². The van der Waals surface area contributed by atoms with Crippen LogP contribution >= 0.6 is 0 Å². The number of rotatable bonds is 9. The summed E-state index contributed by atoms with van der Waals surface area (Å²) in [4.78, 5) is 0. The summed E-state index contributed by atoms with van der Waals surface area (Å²) in [6.07, 6.45) is 1.02. The lowest BCUT2D eigenvalue weighted by Gasteiger charge is -2.11. The van der Waals surface area contributed by atoms with E-state index in [2.05, 4.69) is 30.4 Å². The summed E-state index contributed by atoms with van der Waals surface area (Å²) in [7, 11) is 0. The molecular weight excluding hydrogens is 274 g/mol. The van der Waals surface area contributed by atoms with E-state index in [0.29, 0.717) is 6.61 Å². The summed E-state index contributed by atoms with van der Waals surface area (Å²) in [6.45, 7) is 7.17. The molecule has 3 nitrogen and oxygen atoms in total. The predicted octanol–water partition coefficient (Wildman–Crippen LogP) is 4.16. The van der Waals surface area contributed by atoms with Crippen LogP contribution in [0.25, 0.3) is 0 Å². The molecule has 0 atom stereocenters. The zero-order valence-electron chi connectivity index (χ0n) is 13.5. The van der Waals surface area contributed by atoms with E-state index in [9.17, 15) is 0 Å². The molecule has 0 aliphatic rings. The van der Waals surface area contributed by atoms with E-state index in [1.807, 2.05) is 37.3 Å². The molecule has 3 heteroatoms. The molecule has 0 unspecified atom stereocenters. The highest BCUT2D eigenvalue weighted by molar-refractivity contribution is 5.33. The smallest absolute Gasteiger partial charge is 0.123 e. The number of benzene rings is 2. The van der Waals surface area contributed by atoms with Crippen molar-refractivity contribution in [2.45, 2.75) is 33.4 Å². The lowest BCUT2D eigenvalue weighted by atomic mass is 10.2. The Morgan fingerprint density at radius 1 is 0.909 bits per heavy atom. The molecule has 0 saturated carbocycles. The summed E-state index contributed by atoms with van der Waals surface area (Å²) < 4.78 is 11.3. The zero-order valence-corrected chi connectivity index (χ0v) is 13.5. The van der Waals surface area contributed by atoms with Crippen LogP contribution in [0.2, 0.25) is 0 Å². The zero-order chi connectivity index (χ0) is 15.6. The van der Waals surface area contributed by atoms with Crippen molar-refractivity contribution in [3.63, 3.8) is 0 Å². The van der Waals surface area contributed by atoms with E-state index in [0.717, 1.165) is 37.6 Å². The first-order chi connectivity index (χ1) is 10.8. The maximum atomic E-state index is 5.66. The summed E-state index contributed by atoms with van der Waals surface area (Å²) >= 11 is 0. The number of hydrogen-bond donors (Lipinski definition) is 1. The van der Waals surface area contributed by atoms with Crippen LogP contribution in [0.4, 0.5) is 0 Å². The quantitative estimate of drug-likeness (QED) is 0.754. The summed E-state index contributed by atoms with van der Waals surface area (Å²) in [5.41, 5.74) is 2.41. The van der Waals surface area contributed by atoms with Crippen LogP contribution in [0.3, 0.4) is 0 Å². The van der Waals surface area contributed by atoms with E-state index >= 15 is 0 Å². The van der Waals surface area contributed by atoms with Crippen molar-refractivity contribution in [2.24, 2.45) is 0 Å². The molecule has 0 bridgehead atoms. The maximum Gasteiger partial charge on any atom is 0.123 e. The van der Waals surface area contributed by atoms with Gasteiger partial charge in [-0.05, 0) is 37.1 Å². The molecule has 0 heterocycles. The minimum atomic E-state index is 0.688. The van der Waals surface area contributed by atoms with Gasteiger partial charge in [-0.3, -0.25) is 0 Å². The highest BCUT2D eigenvalue weighted by Crippen LogP contribution is 2.18. The summed E-state index contributed by atoms with van der Waals surface area (Å²) in [5.74, 6) is 1.90. The third-order valence-corrected chi connectivity index (χ3v) is 3.29. The lowest BCUT2D eigenvalue weighted by Crippen LogP contribution is -2.13. The van der Waals surface area contributed by atoms with Gasteiger partial charge in [-0.25, -0.2) is 0 Å². The predicted molar refractivity (Wildman–Crippen MR) is 90.4 cm³/mol. The molecular formula is C19H25NO2. The SMILES string of the molecule is CCCOc1cccc(CNCc2ccccc2OCC)c1. The Morgan fingerprint density at radius 3 is 2.59 bits per heavy atom. The fraction of sp³-hybridized carbons (Fsp3) is 0.368. The minimum Gasteiger partial charge on any atom is -0.494 e. The Balaban J connectivity index is 1.88. The van der Waals surface area contributed by atoms with Gasteiger partial charge in [0.15, 0.2) is 0 Å². The highest BCUT2D eigenvalue weighted by Gasteiger charge is 2.02. The monoisotopic (exact) mass is 299 g/mol. The van der Waals surface area contributed by atoms with E-state index in [1.165, 1.54) is 11.1 Å². The molecule has 0 aliphatic heterocycles. The standard InChI is InChI=1S/C19H25NO2/c1-3-12-22-18-10-7-8-16(13-18)14-20-15-17-9-5-6-11-19(17)21-4-2/h5-11,13,20H,3-4,12,14-15H2,1-2H3.